The van der Waals surface area contributed by atoms with Gasteiger partial charge in [0, 0.05) is 0 Å². The van der Waals surface area contributed by atoms with Crippen LogP contribution in [0.2, 0.25) is 0 Å². The zero-order valence-corrected chi connectivity index (χ0v) is 11.9. The zero-order chi connectivity index (χ0) is 14.4. The molecule has 0 saturated carbocycles. The first-order valence-electron chi connectivity index (χ1n) is 6.88. The van der Waals surface area contributed by atoms with E-state index in [1.807, 2.05) is 36.4 Å². The fraction of sp³-hybridized carbons (Fsp3) is 0.294. The summed E-state index contributed by atoms with van der Waals surface area (Å²) in [7, 11) is 1.60. The number of aromatic hydroxyl groups is 1. The highest BCUT2D eigenvalue weighted by atomic mass is 16.5. The van der Waals surface area contributed by atoms with Crippen molar-refractivity contribution >= 4 is 0 Å². The van der Waals surface area contributed by atoms with Crippen LogP contribution in [0.5, 0.6) is 23.0 Å². The van der Waals surface area contributed by atoms with E-state index in [2.05, 4.69) is 6.92 Å². The Morgan fingerprint density at radius 2 is 1.65 bits per heavy atom. The highest BCUT2D eigenvalue weighted by molar-refractivity contribution is 5.50. The number of rotatable bonds is 6. The molecule has 3 heteroatoms. The van der Waals surface area contributed by atoms with Gasteiger partial charge in [-0.25, -0.2) is 0 Å². The lowest BCUT2D eigenvalue weighted by atomic mass is 10.1. The maximum atomic E-state index is 10.3. The van der Waals surface area contributed by atoms with Crippen LogP contribution in [0, 0.1) is 0 Å². The highest BCUT2D eigenvalue weighted by Crippen LogP contribution is 2.37. The first-order valence-corrected chi connectivity index (χ1v) is 6.88. The molecule has 0 unspecified atom stereocenters. The van der Waals surface area contributed by atoms with Gasteiger partial charge in [-0.2, -0.15) is 0 Å². The molecule has 0 fully saturated rings. The standard InChI is InChI=1S/C17H20O3/c1-3-4-8-13-9-7-12-16(17(13)18)20-15-11-6-5-10-14(15)19-2/h5-7,9-12,18H,3-4,8H2,1-2H3. The van der Waals surface area contributed by atoms with Crippen molar-refractivity contribution in [3.8, 4) is 23.0 Å². The molecule has 0 aliphatic carbocycles. The summed E-state index contributed by atoms with van der Waals surface area (Å²) in [5.41, 5.74) is 0.916. The van der Waals surface area contributed by atoms with Gasteiger partial charge >= 0.3 is 0 Å². The molecule has 2 aromatic rings. The Bertz CT molecular complexity index is 564. The summed E-state index contributed by atoms with van der Waals surface area (Å²) < 4.78 is 11.0. The molecule has 106 valence electrons. The van der Waals surface area contributed by atoms with E-state index in [1.54, 1.807) is 13.2 Å². The number of methoxy groups -OCH3 is 1. The molecule has 20 heavy (non-hydrogen) atoms. The van der Waals surface area contributed by atoms with Crippen LogP contribution in [-0.2, 0) is 6.42 Å². The second kappa shape index (κ2) is 6.85. The molecular formula is C17H20O3. The lowest BCUT2D eigenvalue weighted by Gasteiger charge is -2.13. The second-order valence-corrected chi connectivity index (χ2v) is 4.62. The van der Waals surface area contributed by atoms with E-state index in [0.29, 0.717) is 17.2 Å². The summed E-state index contributed by atoms with van der Waals surface area (Å²) >= 11 is 0. The fourth-order valence-corrected chi connectivity index (χ4v) is 2.04. The molecule has 0 atom stereocenters. The van der Waals surface area contributed by atoms with Crippen LogP contribution in [0.3, 0.4) is 0 Å². The molecule has 0 bridgehead atoms. The third-order valence-corrected chi connectivity index (χ3v) is 3.17. The second-order valence-electron chi connectivity index (χ2n) is 4.62. The maximum Gasteiger partial charge on any atom is 0.169 e. The molecule has 0 saturated heterocycles. The molecule has 2 aromatic carbocycles. The predicted octanol–water partition coefficient (Wildman–Crippen LogP) is 4.54. The highest BCUT2D eigenvalue weighted by Gasteiger charge is 2.11. The van der Waals surface area contributed by atoms with Crippen LogP contribution in [0.25, 0.3) is 0 Å². The SMILES string of the molecule is CCCCc1cccc(Oc2ccccc2OC)c1O. The maximum absolute atomic E-state index is 10.3. The van der Waals surface area contributed by atoms with Gasteiger partial charge in [-0.1, -0.05) is 37.6 Å². The summed E-state index contributed by atoms with van der Waals surface area (Å²) in [6.45, 7) is 2.13. The number of aryl methyl sites for hydroxylation is 1. The van der Waals surface area contributed by atoms with Gasteiger partial charge in [0.25, 0.3) is 0 Å². The van der Waals surface area contributed by atoms with Crippen LogP contribution in [-0.4, -0.2) is 12.2 Å². The summed E-state index contributed by atoms with van der Waals surface area (Å²) in [5.74, 6) is 1.92. The number of hydrogen-bond donors (Lipinski definition) is 1. The Morgan fingerprint density at radius 1 is 0.950 bits per heavy atom. The number of para-hydroxylation sites is 3. The minimum atomic E-state index is 0.215. The number of ether oxygens (including phenoxy) is 2. The van der Waals surface area contributed by atoms with Crippen molar-refractivity contribution in [2.24, 2.45) is 0 Å². The molecule has 1 N–H and O–H groups in total. The summed E-state index contributed by atoms with van der Waals surface area (Å²) in [6, 6.07) is 13.0. The molecule has 0 aliphatic heterocycles. The van der Waals surface area contributed by atoms with Gasteiger partial charge in [-0.15, -0.1) is 0 Å². The van der Waals surface area contributed by atoms with Crippen molar-refractivity contribution in [1.82, 2.24) is 0 Å². The van der Waals surface area contributed by atoms with Crippen molar-refractivity contribution in [1.29, 1.82) is 0 Å². The molecule has 0 spiro atoms. The Balaban J connectivity index is 2.25. The molecule has 0 amide bonds. The fourth-order valence-electron chi connectivity index (χ4n) is 2.04. The predicted molar refractivity (Wildman–Crippen MR) is 79.8 cm³/mol. The van der Waals surface area contributed by atoms with Crippen LogP contribution < -0.4 is 9.47 Å². The number of benzene rings is 2. The minimum Gasteiger partial charge on any atom is -0.504 e. The Labute approximate surface area is 119 Å². The van der Waals surface area contributed by atoms with E-state index < -0.39 is 0 Å². The van der Waals surface area contributed by atoms with Crippen molar-refractivity contribution in [3.05, 3.63) is 48.0 Å². The van der Waals surface area contributed by atoms with Crippen LogP contribution in [0.1, 0.15) is 25.3 Å². The van der Waals surface area contributed by atoms with Gasteiger partial charge in [0.15, 0.2) is 23.0 Å². The van der Waals surface area contributed by atoms with E-state index in [4.69, 9.17) is 9.47 Å². The van der Waals surface area contributed by atoms with Crippen molar-refractivity contribution in [2.45, 2.75) is 26.2 Å². The Hall–Kier alpha value is -2.16. The van der Waals surface area contributed by atoms with Gasteiger partial charge in [0.05, 0.1) is 7.11 Å². The molecule has 0 radical (unpaired) electrons. The minimum absolute atomic E-state index is 0.215. The van der Waals surface area contributed by atoms with E-state index >= 15 is 0 Å². The van der Waals surface area contributed by atoms with Gasteiger partial charge in [-0.3, -0.25) is 0 Å². The largest absolute Gasteiger partial charge is 0.504 e. The smallest absolute Gasteiger partial charge is 0.169 e. The average molecular weight is 272 g/mol. The van der Waals surface area contributed by atoms with Crippen LogP contribution >= 0.6 is 0 Å². The first kappa shape index (κ1) is 14.3. The third-order valence-electron chi connectivity index (χ3n) is 3.17. The molecule has 3 nitrogen and oxygen atoms in total. The van der Waals surface area contributed by atoms with Crippen LogP contribution in [0.15, 0.2) is 42.5 Å². The van der Waals surface area contributed by atoms with Gasteiger partial charge in [0.2, 0.25) is 0 Å². The first-order chi connectivity index (χ1) is 9.76. The summed E-state index contributed by atoms with van der Waals surface area (Å²) in [4.78, 5) is 0. The molecule has 0 aliphatic rings. The molecule has 0 aromatic heterocycles. The zero-order valence-electron chi connectivity index (χ0n) is 11.9. The van der Waals surface area contributed by atoms with E-state index in [-0.39, 0.29) is 5.75 Å². The quantitative estimate of drug-likeness (QED) is 0.839. The van der Waals surface area contributed by atoms with E-state index in [0.717, 1.165) is 24.8 Å². The van der Waals surface area contributed by atoms with Crippen LogP contribution in [0.4, 0.5) is 0 Å². The van der Waals surface area contributed by atoms with Gasteiger partial charge in [-0.05, 0) is 36.6 Å². The number of phenols is 1. The molecule has 2 rings (SSSR count). The molecular weight excluding hydrogens is 252 g/mol. The number of unbranched alkanes of at least 4 members (excludes halogenated alkanes) is 1. The monoisotopic (exact) mass is 272 g/mol. The topological polar surface area (TPSA) is 38.7 Å². The van der Waals surface area contributed by atoms with E-state index in [9.17, 15) is 5.11 Å². The van der Waals surface area contributed by atoms with Gasteiger partial charge < -0.3 is 14.6 Å². The Morgan fingerprint density at radius 3 is 2.35 bits per heavy atom. The summed E-state index contributed by atoms with van der Waals surface area (Å²) in [6.07, 6.45) is 2.99. The number of phenolic OH excluding ortho intramolecular Hbond substituents is 1. The summed E-state index contributed by atoms with van der Waals surface area (Å²) in [5, 5.41) is 10.3. The van der Waals surface area contributed by atoms with Crippen molar-refractivity contribution in [3.63, 3.8) is 0 Å². The Kier molecular flexibility index (Phi) is 4.88. The van der Waals surface area contributed by atoms with E-state index in [1.165, 1.54) is 0 Å². The third kappa shape index (κ3) is 3.23. The van der Waals surface area contributed by atoms with Crippen molar-refractivity contribution in [2.75, 3.05) is 7.11 Å². The lowest BCUT2D eigenvalue weighted by Crippen LogP contribution is -1.92. The van der Waals surface area contributed by atoms with Crippen molar-refractivity contribution < 1.29 is 14.6 Å². The number of hydrogen-bond acceptors (Lipinski definition) is 3. The average Bonchev–Trinajstić information content (AvgIpc) is 2.48. The van der Waals surface area contributed by atoms with Gasteiger partial charge in [0.1, 0.15) is 0 Å². The molecule has 0 heterocycles. The normalized spacial score (nSPS) is 10.3. The lowest BCUT2D eigenvalue weighted by molar-refractivity contribution is 0.365.